The Labute approximate surface area is 185 Å². The molecule has 6 nitrogen and oxygen atoms in total. The van der Waals surface area contributed by atoms with Gasteiger partial charge in [0.1, 0.15) is 12.8 Å². The number of ketones is 2. The van der Waals surface area contributed by atoms with Crippen LogP contribution in [0.15, 0.2) is 23.6 Å². The Morgan fingerprint density at radius 3 is 2.53 bits per heavy atom. The number of carbonyl (C=O) groups excluding carboxylic acids is 3. The van der Waals surface area contributed by atoms with E-state index in [2.05, 4.69) is 0 Å². The van der Waals surface area contributed by atoms with E-state index >= 15 is 4.39 Å². The van der Waals surface area contributed by atoms with Crippen LogP contribution in [-0.4, -0.2) is 52.2 Å². The summed E-state index contributed by atoms with van der Waals surface area (Å²) in [6.45, 7) is 5.55. The molecule has 0 heterocycles. The Morgan fingerprint density at radius 2 is 1.94 bits per heavy atom. The molecule has 0 aromatic carbocycles. The van der Waals surface area contributed by atoms with Crippen LogP contribution in [0.1, 0.15) is 47.0 Å². The van der Waals surface area contributed by atoms with Crippen LogP contribution in [0.4, 0.5) is 8.78 Å². The van der Waals surface area contributed by atoms with Crippen molar-refractivity contribution < 1.29 is 38.1 Å². The maximum Gasteiger partial charge on any atom is 0.303 e. The minimum Gasteiger partial charge on any atom is -0.450 e. The fourth-order valence-corrected chi connectivity index (χ4v) is 7.96. The lowest BCUT2D eigenvalue weighted by molar-refractivity contribution is -0.205. The number of carbonyl (C=O) groups is 3. The average Bonchev–Trinajstić information content (AvgIpc) is 2.91. The van der Waals surface area contributed by atoms with Crippen molar-refractivity contribution in [1.82, 2.24) is 0 Å². The molecule has 4 rings (SSSR count). The van der Waals surface area contributed by atoms with Crippen LogP contribution >= 0.6 is 0 Å². The molecule has 0 aliphatic heterocycles. The zero-order valence-corrected chi connectivity index (χ0v) is 18.7. The molecule has 176 valence electrons. The summed E-state index contributed by atoms with van der Waals surface area (Å²) in [5.74, 6) is -5.05. The minimum atomic E-state index is -1.71. The van der Waals surface area contributed by atoms with Crippen LogP contribution in [0.2, 0.25) is 0 Å². The first-order valence-corrected chi connectivity index (χ1v) is 11.1. The summed E-state index contributed by atoms with van der Waals surface area (Å²) in [7, 11) is 0. The summed E-state index contributed by atoms with van der Waals surface area (Å²) in [4.78, 5) is 37.0. The molecule has 0 bridgehead atoms. The molecule has 0 aromatic heterocycles. The Bertz CT molecular complexity index is 943. The van der Waals surface area contributed by atoms with Gasteiger partial charge in [0.25, 0.3) is 0 Å². The number of hydrogen-bond acceptors (Lipinski definition) is 6. The maximum atomic E-state index is 15.4. The van der Waals surface area contributed by atoms with Gasteiger partial charge in [-0.3, -0.25) is 14.4 Å². The van der Waals surface area contributed by atoms with Crippen LogP contribution in [0, 0.1) is 34.5 Å². The van der Waals surface area contributed by atoms with Crippen molar-refractivity contribution in [2.24, 2.45) is 34.5 Å². The van der Waals surface area contributed by atoms with E-state index in [-0.39, 0.29) is 24.3 Å². The molecule has 0 spiro atoms. The zero-order valence-electron chi connectivity index (χ0n) is 18.7. The van der Waals surface area contributed by atoms with Gasteiger partial charge in [-0.05, 0) is 37.2 Å². The van der Waals surface area contributed by atoms with Crippen molar-refractivity contribution in [3.8, 4) is 0 Å². The number of rotatable bonds is 3. The molecule has 9 atom stereocenters. The quantitative estimate of drug-likeness (QED) is 0.639. The number of alkyl halides is 1. The van der Waals surface area contributed by atoms with Gasteiger partial charge in [-0.25, -0.2) is 8.78 Å². The third-order valence-corrected chi connectivity index (χ3v) is 8.96. The summed E-state index contributed by atoms with van der Waals surface area (Å²) in [5, 5.41) is 21.1. The molecule has 0 amide bonds. The fraction of sp³-hybridized carbons (Fsp3) is 0.708. The first-order chi connectivity index (χ1) is 14.8. The second-order valence-electron chi connectivity index (χ2n) is 10.4. The zero-order chi connectivity index (χ0) is 23.8. The molecule has 4 aliphatic carbocycles. The molecule has 4 aliphatic rings. The van der Waals surface area contributed by atoms with Crippen molar-refractivity contribution in [3.05, 3.63) is 23.6 Å². The number of esters is 1. The van der Waals surface area contributed by atoms with Gasteiger partial charge in [0.2, 0.25) is 11.6 Å². The molecule has 3 saturated carbocycles. The van der Waals surface area contributed by atoms with E-state index < -0.39 is 76.4 Å². The summed E-state index contributed by atoms with van der Waals surface area (Å²) >= 11 is 0. The summed E-state index contributed by atoms with van der Waals surface area (Å²) < 4.78 is 35.9. The second kappa shape index (κ2) is 7.29. The van der Waals surface area contributed by atoms with Crippen molar-refractivity contribution in [2.75, 3.05) is 6.61 Å². The topological polar surface area (TPSA) is 101 Å². The van der Waals surface area contributed by atoms with Crippen LogP contribution in [0.5, 0.6) is 0 Å². The van der Waals surface area contributed by atoms with E-state index in [0.29, 0.717) is 6.42 Å². The second-order valence-corrected chi connectivity index (χ2v) is 10.4. The lowest BCUT2D eigenvalue weighted by Crippen LogP contribution is -2.64. The molecule has 2 N–H and O–H groups in total. The van der Waals surface area contributed by atoms with Gasteiger partial charge in [0.15, 0.2) is 11.4 Å². The van der Waals surface area contributed by atoms with E-state index in [4.69, 9.17) is 4.74 Å². The van der Waals surface area contributed by atoms with Gasteiger partial charge in [-0.1, -0.05) is 26.8 Å². The molecule has 32 heavy (non-hydrogen) atoms. The number of aliphatic hydroxyl groups is 2. The third kappa shape index (κ3) is 2.71. The van der Waals surface area contributed by atoms with Gasteiger partial charge in [-0.15, -0.1) is 0 Å². The Kier molecular flexibility index (Phi) is 5.29. The van der Waals surface area contributed by atoms with Gasteiger partial charge < -0.3 is 14.9 Å². The summed E-state index contributed by atoms with van der Waals surface area (Å²) in [5.41, 5.74) is -4.07. The predicted molar refractivity (Wildman–Crippen MR) is 109 cm³/mol. The van der Waals surface area contributed by atoms with E-state index in [1.807, 2.05) is 0 Å². The molecular formula is C24H30F2O6. The van der Waals surface area contributed by atoms with E-state index in [1.165, 1.54) is 13.0 Å². The number of allylic oxidation sites excluding steroid dienone is 4. The highest BCUT2D eigenvalue weighted by atomic mass is 19.1. The van der Waals surface area contributed by atoms with Crippen molar-refractivity contribution >= 4 is 17.5 Å². The average molecular weight is 452 g/mol. The lowest BCUT2D eigenvalue weighted by Gasteiger charge is -2.60. The fourth-order valence-electron chi connectivity index (χ4n) is 7.96. The number of aliphatic hydroxyl groups excluding tert-OH is 2. The third-order valence-electron chi connectivity index (χ3n) is 8.96. The van der Waals surface area contributed by atoms with Gasteiger partial charge in [-0.2, -0.15) is 0 Å². The summed E-state index contributed by atoms with van der Waals surface area (Å²) in [6, 6.07) is 0. The smallest absolute Gasteiger partial charge is 0.303 e. The molecule has 8 heteroatoms. The number of halogens is 2. The molecule has 0 saturated heterocycles. The van der Waals surface area contributed by atoms with Crippen LogP contribution in [-0.2, 0) is 19.1 Å². The van der Waals surface area contributed by atoms with Gasteiger partial charge >= 0.3 is 5.97 Å². The van der Waals surface area contributed by atoms with Crippen LogP contribution < -0.4 is 0 Å². The Balaban J connectivity index is 1.86. The highest BCUT2D eigenvalue weighted by molar-refractivity contribution is 6.04. The van der Waals surface area contributed by atoms with Crippen molar-refractivity contribution in [1.29, 1.82) is 0 Å². The van der Waals surface area contributed by atoms with Crippen molar-refractivity contribution in [2.45, 2.75) is 64.8 Å². The summed E-state index contributed by atoms with van der Waals surface area (Å²) in [6.07, 6.45) is 0.215. The molecule has 3 fully saturated rings. The minimum absolute atomic E-state index is 0.0609. The standard InChI is InChI=1S/C24H30F2O6/c1-11-7-14-13-8-15(25)20-21(26)16(29)5-6-22(20,3)19(13)17(30)9-23(14,4)24(11,18(31)10-27)32-12(2)28/h5-6,11,13-15,17,19,27,30H,7-10H2,1-4H3/t11-,13-,14-,15-,17-,19+,22+,23-,24+/m0/s1. The number of Topliss-reactive ketones (excluding diaryl/α,β-unsaturated/α-hetero) is 1. The van der Waals surface area contributed by atoms with Gasteiger partial charge in [0, 0.05) is 35.2 Å². The molecule has 0 radical (unpaired) electrons. The highest BCUT2D eigenvalue weighted by Gasteiger charge is 2.73. The van der Waals surface area contributed by atoms with Crippen molar-refractivity contribution in [3.63, 3.8) is 0 Å². The molecule has 0 unspecified atom stereocenters. The largest absolute Gasteiger partial charge is 0.450 e. The van der Waals surface area contributed by atoms with E-state index in [9.17, 15) is 29.0 Å². The highest BCUT2D eigenvalue weighted by Crippen LogP contribution is 2.69. The number of hydrogen-bond donors (Lipinski definition) is 2. The molecule has 0 aromatic rings. The monoisotopic (exact) mass is 452 g/mol. The first-order valence-electron chi connectivity index (χ1n) is 11.1. The van der Waals surface area contributed by atoms with Crippen LogP contribution in [0.25, 0.3) is 0 Å². The van der Waals surface area contributed by atoms with E-state index in [0.717, 1.165) is 6.08 Å². The number of fused-ring (bicyclic) bond motifs is 5. The number of ether oxygens (including phenoxy) is 1. The normalized spacial score (nSPS) is 47.6. The molecular weight excluding hydrogens is 422 g/mol. The van der Waals surface area contributed by atoms with Gasteiger partial charge in [0.05, 0.1) is 6.10 Å². The lowest BCUT2D eigenvalue weighted by atomic mass is 9.45. The first kappa shape index (κ1) is 23.2. The Hall–Kier alpha value is -1.93. The predicted octanol–water partition coefficient (Wildman–Crippen LogP) is 2.62. The Morgan fingerprint density at radius 1 is 1.28 bits per heavy atom. The van der Waals surface area contributed by atoms with E-state index in [1.54, 1.807) is 20.8 Å². The van der Waals surface area contributed by atoms with Crippen LogP contribution in [0.3, 0.4) is 0 Å². The maximum absolute atomic E-state index is 15.4. The SMILES string of the molecule is CC(=O)O[C@@]1(C(=O)CO)[C@@H](C)C[C@H]2[C@@H]3C[C@H](F)C4=C(F)C(=O)C=C[C@]4(C)[C@H]3[C@@H](O)C[C@@]21C.